The average Bonchev–Trinajstić information content (AvgIpc) is 1.88. The fraction of sp³-hybridized carbons (Fsp3) is 0.375. The largest absolute Gasteiger partial charge is 0.382 e. The number of hydrogen-bond donors (Lipinski definition) is 1. The molecule has 2 nitrogen and oxygen atoms in total. The molecule has 0 aliphatic carbocycles. The van der Waals surface area contributed by atoms with E-state index in [9.17, 15) is 5.11 Å². The summed E-state index contributed by atoms with van der Waals surface area (Å²) < 4.78 is 1.91. The summed E-state index contributed by atoms with van der Waals surface area (Å²) in [6.07, 6.45) is 1.54. The molecule has 0 aromatic carbocycles. The third-order valence-electron chi connectivity index (χ3n) is 1.52. The van der Waals surface area contributed by atoms with Gasteiger partial charge in [-0.3, -0.25) is 0 Å². The number of nitrogens with zero attached hydrogens (tertiary/aromatic N) is 1. The van der Waals surface area contributed by atoms with Crippen LogP contribution in [0.25, 0.3) is 0 Å². The molecular weight excluding hydrogens is 126 g/mol. The predicted molar refractivity (Wildman–Crippen MR) is 38.3 cm³/mol. The Morgan fingerprint density at radius 2 is 2.20 bits per heavy atom. The van der Waals surface area contributed by atoms with E-state index in [-0.39, 0.29) is 6.10 Å². The zero-order valence-electron chi connectivity index (χ0n) is 6.28. The molecule has 1 rings (SSSR count). The van der Waals surface area contributed by atoms with E-state index >= 15 is 0 Å². The Balaban J connectivity index is 3.03. The van der Waals surface area contributed by atoms with Crippen LogP contribution in [0.3, 0.4) is 0 Å². The lowest BCUT2D eigenvalue weighted by molar-refractivity contribution is -0.682. The van der Waals surface area contributed by atoms with Crippen LogP contribution in [0.1, 0.15) is 18.7 Å². The molecule has 0 aliphatic heterocycles. The van der Waals surface area contributed by atoms with Gasteiger partial charge in [-0.05, 0) is 6.92 Å². The van der Waals surface area contributed by atoms with Crippen LogP contribution in [0.2, 0.25) is 0 Å². The zero-order valence-corrected chi connectivity index (χ0v) is 6.28. The minimum absolute atomic E-state index is 0.383. The number of aryl methyl sites for hydroxylation is 1. The lowest BCUT2D eigenvalue weighted by Crippen LogP contribution is -2.33. The van der Waals surface area contributed by atoms with Crippen molar-refractivity contribution < 1.29 is 9.67 Å². The first-order valence-electron chi connectivity index (χ1n) is 3.34. The smallest absolute Gasteiger partial charge is 0.209 e. The molecule has 0 radical (unpaired) electrons. The molecule has 0 fully saturated rings. The molecule has 0 bridgehead atoms. The second-order valence-corrected chi connectivity index (χ2v) is 2.41. The van der Waals surface area contributed by atoms with E-state index in [0.717, 1.165) is 5.69 Å². The molecule has 2 heteroatoms. The van der Waals surface area contributed by atoms with Gasteiger partial charge in [0.2, 0.25) is 5.69 Å². The van der Waals surface area contributed by atoms with E-state index in [1.807, 2.05) is 36.0 Å². The molecule has 0 spiro atoms. The van der Waals surface area contributed by atoms with E-state index in [4.69, 9.17) is 0 Å². The quantitative estimate of drug-likeness (QED) is 0.563. The van der Waals surface area contributed by atoms with Crippen molar-refractivity contribution in [2.75, 3.05) is 0 Å². The van der Waals surface area contributed by atoms with Crippen molar-refractivity contribution in [3.05, 3.63) is 30.1 Å². The fourth-order valence-electron chi connectivity index (χ4n) is 0.971. The van der Waals surface area contributed by atoms with Crippen molar-refractivity contribution in [2.24, 2.45) is 7.05 Å². The van der Waals surface area contributed by atoms with Gasteiger partial charge in [-0.1, -0.05) is 6.07 Å². The number of aromatic nitrogens is 1. The first-order valence-corrected chi connectivity index (χ1v) is 3.34. The predicted octanol–water partition coefficient (Wildman–Crippen LogP) is 0.564. The van der Waals surface area contributed by atoms with E-state index < -0.39 is 0 Å². The number of hydrogen-bond acceptors (Lipinski definition) is 1. The van der Waals surface area contributed by atoms with E-state index in [2.05, 4.69) is 0 Å². The normalized spacial score (nSPS) is 13.1. The highest BCUT2D eigenvalue weighted by atomic mass is 16.3. The highest BCUT2D eigenvalue weighted by Gasteiger charge is 2.09. The summed E-state index contributed by atoms with van der Waals surface area (Å²) in [6, 6.07) is 5.76. The molecule has 0 aliphatic rings. The molecular formula is C8H12NO+. The minimum Gasteiger partial charge on any atom is -0.382 e. The summed E-state index contributed by atoms with van der Waals surface area (Å²) >= 11 is 0. The second-order valence-electron chi connectivity index (χ2n) is 2.41. The third kappa shape index (κ3) is 1.33. The number of rotatable bonds is 1. The maximum atomic E-state index is 9.18. The second kappa shape index (κ2) is 2.80. The summed E-state index contributed by atoms with van der Waals surface area (Å²) in [5.41, 5.74) is 0.933. The van der Waals surface area contributed by atoms with Crippen LogP contribution in [-0.4, -0.2) is 5.11 Å². The zero-order chi connectivity index (χ0) is 7.56. The summed E-state index contributed by atoms with van der Waals surface area (Å²) in [5.74, 6) is 0. The molecule has 10 heavy (non-hydrogen) atoms. The van der Waals surface area contributed by atoms with Crippen molar-refractivity contribution in [1.29, 1.82) is 0 Å². The number of pyridine rings is 1. The monoisotopic (exact) mass is 138 g/mol. The van der Waals surface area contributed by atoms with Crippen molar-refractivity contribution in [1.82, 2.24) is 0 Å². The van der Waals surface area contributed by atoms with Crippen LogP contribution in [0.15, 0.2) is 24.4 Å². The molecule has 0 saturated carbocycles. The summed E-state index contributed by atoms with van der Waals surface area (Å²) in [4.78, 5) is 0. The highest BCUT2D eigenvalue weighted by molar-refractivity contribution is 4.98. The van der Waals surface area contributed by atoms with Gasteiger partial charge in [0.15, 0.2) is 6.20 Å². The molecule has 1 atom stereocenters. The Kier molecular flexibility index (Phi) is 2.02. The van der Waals surface area contributed by atoms with Gasteiger partial charge in [0.25, 0.3) is 0 Å². The van der Waals surface area contributed by atoms with Crippen LogP contribution < -0.4 is 4.57 Å². The van der Waals surface area contributed by atoms with Gasteiger partial charge >= 0.3 is 0 Å². The van der Waals surface area contributed by atoms with Crippen molar-refractivity contribution in [3.63, 3.8) is 0 Å². The van der Waals surface area contributed by atoms with E-state index in [1.165, 1.54) is 0 Å². The van der Waals surface area contributed by atoms with Crippen LogP contribution in [0, 0.1) is 0 Å². The Morgan fingerprint density at radius 1 is 1.50 bits per heavy atom. The van der Waals surface area contributed by atoms with Crippen molar-refractivity contribution >= 4 is 0 Å². The van der Waals surface area contributed by atoms with Gasteiger partial charge in [-0.2, -0.15) is 0 Å². The van der Waals surface area contributed by atoms with Crippen molar-refractivity contribution in [3.8, 4) is 0 Å². The Morgan fingerprint density at radius 3 is 2.60 bits per heavy atom. The topological polar surface area (TPSA) is 24.1 Å². The van der Waals surface area contributed by atoms with Crippen molar-refractivity contribution in [2.45, 2.75) is 13.0 Å². The van der Waals surface area contributed by atoms with E-state index in [0.29, 0.717) is 0 Å². The highest BCUT2D eigenvalue weighted by Crippen LogP contribution is 2.03. The first-order chi connectivity index (χ1) is 4.72. The van der Waals surface area contributed by atoms with Gasteiger partial charge in [0, 0.05) is 12.1 Å². The minimum atomic E-state index is -0.383. The first kappa shape index (κ1) is 7.22. The van der Waals surface area contributed by atoms with E-state index in [1.54, 1.807) is 6.92 Å². The maximum absolute atomic E-state index is 9.18. The maximum Gasteiger partial charge on any atom is 0.209 e. The summed E-state index contributed by atoms with van der Waals surface area (Å²) in [7, 11) is 1.92. The van der Waals surface area contributed by atoms with Gasteiger partial charge < -0.3 is 5.11 Å². The van der Waals surface area contributed by atoms with Crippen LogP contribution in [0.5, 0.6) is 0 Å². The summed E-state index contributed by atoms with van der Waals surface area (Å²) in [5, 5.41) is 9.18. The van der Waals surface area contributed by atoms with Gasteiger partial charge in [0.1, 0.15) is 13.2 Å². The molecule has 1 aromatic heterocycles. The average molecular weight is 138 g/mol. The van der Waals surface area contributed by atoms with Gasteiger partial charge in [-0.15, -0.1) is 0 Å². The fourth-order valence-corrected chi connectivity index (χ4v) is 0.971. The lowest BCUT2D eigenvalue weighted by atomic mass is 10.2. The summed E-state index contributed by atoms with van der Waals surface area (Å²) in [6.45, 7) is 1.76. The molecule has 1 N–H and O–H groups in total. The van der Waals surface area contributed by atoms with Gasteiger partial charge in [-0.25, -0.2) is 4.57 Å². The molecule has 0 saturated heterocycles. The molecule has 0 unspecified atom stereocenters. The van der Waals surface area contributed by atoms with Gasteiger partial charge in [0.05, 0.1) is 0 Å². The Hall–Kier alpha value is -0.890. The Bertz CT molecular complexity index is 220. The Labute approximate surface area is 60.8 Å². The molecule has 54 valence electrons. The third-order valence-corrected chi connectivity index (χ3v) is 1.52. The molecule has 0 amide bonds. The van der Waals surface area contributed by atoms with Crippen LogP contribution in [-0.2, 0) is 7.05 Å². The molecule has 1 aromatic rings. The van der Waals surface area contributed by atoms with Crippen LogP contribution in [0.4, 0.5) is 0 Å². The van der Waals surface area contributed by atoms with Crippen LogP contribution >= 0.6 is 0 Å². The molecule has 1 heterocycles. The number of aliphatic hydroxyl groups is 1. The lowest BCUT2D eigenvalue weighted by Gasteiger charge is -1.99. The number of aliphatic hydroxyl groups excluding tert-OH is 1. The standard InChI is InChI=1S/C8H12NO/c1-7(10)8-5-3-4-6-9(8)2/h3-7,10H,1-2H3/q+1/t7-/m1/s1. The SMILES string of the molecule is C[C@@H](O)c1cccc[n+]1C.